The molecule has 0 saturated carbocycles. The molecule has 0 atom stereocenters. The summed E-state index contributed by atoms with van der Waals surface area (Å²) in [6, 6.07) is 93.0. The van der Waals surface area contributed by atoms with E-state index in [1.165, 1.54) is 66.1 Å². The molecule has 2 heterocycles. The summed E-state index contributed by atoms with van der Waals surface area (Å²) in [5.74, 6) is 1.77. The highest BCUT2D eigenvalue weighted by Crippen LogP contribution is 2.62. The van der Waals surface area contributed by atoms with Crippen LogP contribution in [0.1, 0.15) is 22.3 Å². The van der Waals surface area contributed by atoms with Crippen LogP contribution < -0.4 is 9.64 Å². The van der Waals surface area contributed by atoms with E-state index in [1.807, 2.05) is 0 Å². The maximum atomic E-state index is 6.73. The maximum absolute atomic E-state index is 6.73. The largest absolute Gasteiger partial charge is 0.457 e. The number of aromatic nitrogens is 1. The second kappa shape index (κ2) is 15.1. The number of para-hydroxylation sites is 5. The lowest BCUT2D eigenvalue weighted by molar-refractivity contribution is 0.435. The van der Waals surface area contributed by atoms with Gasteiger partial charge in [-0.1, -0.05) is 200 Å². The van der Waals surface area contributed by atoms with Crippen molar-refractivity contribution < 1.29 is 4.74 Å². The van der Waals surface area contributed by atoms with Crippen LogP contribution in [0.3, 0.4) is 0 Å². The average molecular weight is 867 g/mol. The third-order valence-electron chi connectivity index (χ3n) is 14.4. The summed E-state index contributed by atoms with van der Waals surface area (Å²) in [6.45, 7) is 0. The van der Waals surface area contributed by atoms with Gasteiger partial charge >= 0.3 is 0 Å². The number of ether oxygens (including phenoxy) is 1. The van der Waals surface area contributed by atoms with E-state index in [0.29, 0.717) is 0 Å². The van der Waals surface area contributed by atoms with Crippen LogP contribution in [0.15, 0.2) is 255 Å². The zero-order valence-corrected chi connectivity index (χ0v) is 37.1. The van der Waals surface area contributed by atoms with Gasteiger partial charge in [0.05, 0.1) is 27.8 Å². The highest BCUT2D eigenvalue weighted by Gasteiger charge is 2.49. The second-order valence-corrected chi connectivity index (χ2v) is 17.9. The van der Waals surface area contributed by atoms with Crippen molar-refractivity contribution in [2.75, 3.05) is 4.90 Å². The number of benzene rings is 11. The van der Waals surface area contributed by atoms with Gasteiger partial charge in [0.25, 0.3) is 0 Å². The molecule has 0 bridgehead atoms. The molecule has 3 nitrogen and oxygen atoms in total. The Morgan fingerprint density at radius 3 is 1.57 bits per heavy atom. The highest BCUT2D eigenvalue weighted by molar-refractivity contribution is 6.14. The summed E-state index contributed by atoms with van der Waals surface area (Å²) in [5.41, 5.74) is 18.2. The first-order valence-corrected chi connectivity index (χ1v) is 23.4. The van der Waals surface area contributed by atoms with Crippen LogP contribution in [0.4, 0.5) is 17.1 Å². The van der Waals surface area contributed by atoms with Crippen LogP contribution in [0, 0.1) is 0 Å². The van der Waals surface area contributed by atoms with Gasteiger partial charge in [0, 0.05) is 49.8 Å². The standard InChI is InChI=1S/C65H42N2O/c1-4-20-43(21-5-1)47-28-18-29-48(44-22-6-2-7-23-44)64(47)67-58-35-15-11-27-50(58)53-42-46(38-40-60(53)67)66(45-24-8-3-9-25-45)59-41-39-51-49-26-10-12-31-54(49)65(57-34-19-30-52(59)63(51)57)55-32-13-16-36-61(55)68-62-37-17-14-33-56(62)65/h1-42H. The van der Waals surface area contributed by atoms with Crippen molar-refractivity contribution in [3.05, 3.63) is 277 Å². The molecule has 2 aliphatic rings. The van der Waals surface area contributed by atoms with E-state index in [1.54, 1.807) is 0 Å². The molecule has 1 aromatic heterocycles. The van der Waals surface area contributed by atoms with Gasteiger partial charge in [0.2, 0.25) is 0 Å². The van der Waals surface area contributed by atoms with Crippen molar-refractivity contribution in [3.63, 3.8) is 0 Å². The summed E-state index contributed by atoms with van der Waals surface area (Å²) >= 11 is 0. The smallest absolute Gasteiger partial charge is 0.132 e. The van der Waals surface area contributed by atoms with E-state index in [9.17, 15) is 0 Å². The minimum Gasteiger partial charge on any atom is -0.457 e. The minimum atomic E-state index is -0.611. The number of fused-ring (bicyclic) bond motifs is 11. The van der Waals surface area contributed by atoms with Crippen molar-refractivity contribution in [3.8, 4) is 50.6 Å². The Kier molecular flexibility index (Phi) is 8.50. The quantitative estimate of drug-likeness (QED) is 0.166. The SMILES string of the molecule is c1ccc(-c2cccc(-c3ccccc3)c2-n2c3ccccc3c3cc(N(c4ccccc4)c4ccc5c6c(cccc46)C4(c6ccccc6Oc6ccccc64)c4ccccc4-5)ccc32)cc1. The summed E-state index contributed by atoms with van der Waals surface area (Å²) in [7, 11) is 0. The summed E-state index contributed by atoms with van der Waals surface area (Å²) in [4.78, 5) is 2.46. The summed E-state index contributed by atoms with van der Waals surface area (Å²) in [5, 5.41) is 4.82. The van der Waals surface area contributed by atoms with E-state index in [2.05, 4.69) is 264 Å². The molecule has 0 saturated heterocycles. The Balaban J connectivity index is 1.04. The van der Waals surface area contributed by atoms with E-state index in [4.69, 9.17) is 4.74 Å². The normalized spacial score (nSPS) is 12.9. The molecule has 0 amide bonds. The van der Waals surface area contributed by atoms with Gasteiger partial charge in [-0.15, -0.1) is 0 Å². The molecule has 1 aliphatic heterocycles. The summed E-state index contributed by atoms with van der Waals surface area (Å²) < 4.78 is 9.22. The molecule has 14 rings (SSSR count). The number of anilines is 3. The average Bonchev–Trinajstić information content (AvgIpc) is 3.74. The fourth-order valence-corrected chi connectivity index (χ4v) is 11.7. The molecule has 0 fully saturated rings. The fourth-order valence-electron chi connectivity index (χ4n) is 11.7. The van der Waals surface area contributed by atoms with Crippen LogP contribution in [0.2, 0.25) is 0 Å². The van der Waals surface area contributed by atoms with Crippen molar-refractivity contribution >= 4 is 49.6 Å². The number of nitrogens with zero attached hydrogens (tertiary/aromatic N) is 2. The van der Waals surface area contributed by atoms with Gasteiger partial charge in [0.15, 0.2) is 0 Å². The molecule has 0 N–H and O–H groups in total. The van der Waals surface area contributed by atoms with Gasteiger partial charge in [0.1, 0.15) is 11.5 Å². The predicted molar refractivity (Wildman–Crippen MR) is 281 cm³/mol. The van der Waals surface area contributed by atoms with Gasteiger partial charge in [-0.25, -0.2) is 0 Å². The molecule has 1 aliphatic carbocycles. The Hall–Kier alpha value is -8.92. The van der Waals surface area contributed by atoms with Crippen LogP contribution in [0.5, 0.6) is 11.5 Å². The second-order valence-electron chi connectivity index (χ2n) is 17.9. The molecule has 3 heteroatoms. The van der Waals surface area contributed by atoms with Crippen molar-refractivity contribution in [1.82, 2.24) is 4.57 Å². The topological polar surface area (TPSA) is 17.4 Å². The van der Waals surface area contributed by atoms with E-state index in [0.717, 1.165) is 56.4 Å². The Bertz CT molecular complexity index is 3840. The third kappa shape index (κ3) is 5.47. The maximum Gasteiger partial charge on any atom is 0.132 e. The molecular weight excluding hydrogens is 825 g/mol. The molecule has 318 valence electrons. The number of hydrogen-bond donors (Lipinski definition) is 0. The number of rotatable bonds is 6. The fraction of sp³-hybridized carbons (Fsp3) is 0.0154. The Labute approximate surface area is 395 Å². The lowest BCUT2D eigenvalue weighted by Crippen LogP contribution is -2.36. The lowest BCUT2D eigenvalue weighted by Gasteiger charge is -2.45. The first kappa shape index (κ1) is 38.4. The molecule has 12 aromatic rings. The molecule has 0 radical (unpaired) electrons. The van der Waals surface area contributed by atoms with Crippen LogP contribution in [0.25, 0.3) is 71.6 Å². The highest BCUT2D eigenvalue weighted by atomic mass is 16.5. The molecule has 11 aromatic carbocycles. The van der Waals surface area contributed by atoms with E-state index < -0.39 is 5.41 Å². The Morgan fingerprint density at radius 2 is 0.868 bits per heavy atom. The van der Waals surface area contributed by atoms with E-state index >= 15 is 0 Å². The van der Waals surface area contributed by atoms with Crippen LogP contribution in [-0.4, -0.2) is 4.57 Å². The van der Waals surface area contributed by atoms with Crippen LogP contribution in [-0.2, 0) is 5.41 Å². The first-order chi connectivity index (χ1) is 33.8. The van der Waals surface area contributed by atoms with Gasteiger partial charge in [-0.05, 0) is 93.4 Å². The molecular formula is C65H42N2O. The zero-order valence-electron chi connectivity index (χ0n) is 37.1. The van der Waals surface area contributed by atoms with Crippen molar-refractivity contribution in [1.29, 1.82) is 0 Å². The molecule has 68 heavy (non-hydrogen) atoms. The third-order valence-corrected chi connectivity index (χ3v) is 14.4. The first-order valence-electron chi connectivity index (χ1n) is 23.4. The monoisotopic (exact) mass is 866 g/mol. The van der Waals surface area contributed by atoms with E-state index in [-0.39, 0.29) is 0 Å². The summed E-state index contributed by atoms with van der Waals surface area (Å²) in [6.07, 6.45) is 0. The van der Waals surface area contributed by atoms with Crippen molar-refractivity contribution in [2.24, 2.45) is 0 Å². The Morgan fingerprint density at radius 1 is 0.338 bits per heavy atom. The molecule has 0 unspecified atom stereocenters. The van der Waals surface area contributed by atoms with Gasteiger partial charge in [-0.3, -0.25) is 0 Å². The minimum absolute atomic E-state index is 0.611. The lowest BCUT2D eigenvalue weighted by atomic mass is 9.58. The van der Waals surface area contributed by atoms with Crippen molar-refractivity contribution in [2.45, 2.75) is 5.41 Å². The molecule has 1 spiro atoms. The van der Waals surface area contributed by atoms with Gasteiger partial charge in [-0.2, -0.15) is 0 Å². The predicted octanol–water partition coefficient (Wildman–Crippen LogP) is 17.2. The van der Waals surface area contributed by atoms with Crippen LogP contribution >= 0.6 is 0 Å². The number of hydrogen-bond acceptors (Lipinski definition) is 2. The van der Waals surface area contributed by atoms with Gasteiger partial charge < -0.3 is 14.2 Å². The zero-order chi connectivity index (χ0) is 44.8.